The van der Waals surface area contributed by atoms with E-state index in [-0.39, 0.29) is 26.2 Å². The fourth-order valence-electron chi connectivity index (χ4n) is 5.11. The molecule has 11 heteroatoms. The first-order valence-electron chi connectivity index (χ1n) is 14.7. The molecule has 0 aliphatic carbocycles. The molecule has 10 nitrogen and oxygen atoms in total. The molecule has 2 aromatic carbocycles. The summed E-state index contributed by atoms with van der Waals surface area (Å²) in [5, 5.41) is 8.77. The average Bonchev–Trinajstić information content (AvgIpc) is 3.57. The summed E-state index contributed by atoms with van der Waals surface area (Å²) in [6.45, 7) is 2.86. The van der Waals surface area contributed by atoms with Crippen LogP contribution in [0.3, 0.4) is 0 Å². The normalized spacial score (nSPS) is 16.0. The predicted octanol–water partition coefficient (Wildman–Crippen LogP) is 5.05. The zero-order chi connectivity index (χ0) is 31.3. The van der Waals surface area contributed by atoms with Crippen LogP contribution >= 0.6 is 15.9 Å². The van der Waals surface area contributed by atoms with Crippen molar-refractivity contribution in [2.75, 3.05) is 39.6 Å². The maximum Gasteiger partial charge on any atom is 0.416 e. The number of aryl methyl sites for hydroxylation is 1. The van der Waals surface area contributed by atoms with E-state index in [0.717, 1.165) is 16.0 Å². The Morgan fingerprint density at radius 3 is 2.32 bits per heavy atom. The van der Waals surface area contributed by atoms with Crippen LogP contribution in [0.5, 0.6) is 0 Å². The Bertz CT molecular complexity index is 1350. The lowest BCUT2D eigenvalue weighted by atomic mass is 9.90. The summed E-state index contributed by atoms with van der Waals surface area (Å²) in [5.41, 5.74) is 1.80. The molecular formula is C33H38BrNO9. The number of nitrogens with zero attached hydrogens (tertiary/aromatic N) is 1. The van der Waals surface area contributed by atoms with Crippen molar-refractivity contribution in [1.29, 1.82) is 0 Å². The number of aliphatic hydroxyl groups excluding tert-OH is 1. The summed E-state index contributed by atoms with van der Waals surface area (Å²) in [6, 6.07) is 20.1. The van der Waals surface area contributed by atoms with Crippen LogP contribution in [-0.4, -0.2) is 73.7 Å². The molecule has 1 N–H and O–H groups in total. The van der Waals surface area contributed by atoms with Gasteiger partial charge in [0.2, 0.25) is 5.91 Å². The van der Waals surface area contributed by atoms with Gasteiger partial charge >= 0.3 is 12.1 Å². The van der Waals surface area contributed by atoms with E-state index in [0.29, 0.717) is 55.1 Å². The van der Waals surface area contributed by atoms with Crippen molar-refractivity contribution < 1.29 is 42.9 Å². The van der Waals surface area contributed by atoms with Gasteiger partial charge in [0.15, 0.2) is 6.10 Å². The van der Waals surface area contributed by atoms with E-state index in [1.807, 2.05) is 60.7 Å². The minimum absolute atomic E-state index is 0.0304. The minimum atomic E-state index is -1.10. The van der Waals surface area contributed by atoms with Crippen molar-refractivity contribution in [3.8, 4) is 0 Å². The first-order chi connectivity index (χ1) is 21.4. The Kier molecular flexibility index (Phi) is 13.0. The SMILES string of the molecule is CC(=O)O[C@H](c1cc(Br)c(CCCOCCOCCO)o1)[C@H](Cc1ccccc1)C(=O)N1C(=O)OC[C@@H]1Cc1ccccc1. The monoisotopic (exact) mass is 671 g/mol. The Morgan fingerprint density at radius 2 is 1.66 bits per heavy atom. The molecule has 0 radical (unpaired) electrons. The molecule has 44 heavy (non-hydrogen) atoms. The molecule has 1 aliphatic heterocycles. The van der Waals surface area contributed by atoms with E-state index >= 15 is 0 Å². The number of halogens is 1. The van der Waals surface area contributed by atoms with Gasteiger partial charge in [0.1, 0.15) is 18.1 Å². The maximum absolute atomic E-state index is 14.3. The molecule has 1 aliphatic rings. The van der Waals surface area contributed by atoms with Gasteiger partial charge in [0, 0.05) is 20.0 Å². The lowest BCUT2D eigenvalue weighted by molar-refractivity contribution is -0.155. The molecule has 236 valence electrons. The third-order valence-corrected chi connectivity index (χ3v) is 7.81. The Hall–Kier alpha value is -3.51. The second kappa shape index (κ2) is 17.1. The third kappa shape index (κ3) is 9.49. The smallest absolute Gasteiger partial charge is 0.416 e. The van der Waals surface area contributed by atoms with Crippen molar-refractivity contribution in [3.05, 3.63) is 93.9 Å². The number of hydrogen-bond acceptors (Lipinski definition) is 9. The highest BCUT2D eigenvalue weighted by Crippen LogP contribution is 2.37. The number of carbonyl (C=O) groups is 3. The zero-order valence-electron chi connectivity index (χ0n) is 24.7. The molecule has 4 rings (SSSR count). The minimum Gasteiger partial charge on any atom is -0.461 e. The van der Waals surface area contributed by atoms with E-state index in [1.165, 1.54) is 6.92 Å². The molecular weight excluding hydrogens is 634 g/mol. The number of esters is 1. The summed E-state index contributed by atoms with van der Waals surface area (Å²) < 4.78 is 28.8. The van der Waals surface area contributed by atoms with Gasteiger partial charge in [-0.3, -0.25) is 9.59 Å². The standard InChI is InChI=1S/C33H38BrNO9/c1-23(37)43-31(30-21-28(34)29(44-30)13-8-15-40-17-18-41-16-14-36)27(20-25-11-6-3-7-12-25)32(38)35-26(22-42-33(35)39)19-24-9-4-2-5-10-24/h2-7,9-12,21,26-27,31,36H,8,13-20,22H2,1H3/t26-,27-,31-/m0/s1. The van der Waals surface area contributed by atoms with Crippen LogP contribution in [0.4, 0.5) is 4.79 Å². The highest BCUT2D eigenvalue weighted by atomic mass is 79.9. The largest absolute Gasteiger partial charge is 0.461 e. The van der Waals surface area contributed by atoms with Crippen LogP contribution in [0.1, 0.15) is 42.1 Å². The molecule has 0 saturated carbocycles. The number of amides is 2. The lowest BCUT2D eigenvalue weighted by Crippen LogP contribution is -2.46. The number of ether oxygens (including phenoxy) is 4. The molecule has 0 spiro atoms. The number of aliphatic hydroxyl groups is 1. The molecule has 0 unspecified atom stereocenters. The number of cyclic esters (lactones) is 1. The van der Waals surface area contributed by atoms with Gasteiger partial charge in [0.05, 0.1) is 42.9 Å². The van der Waals surface area contributed by atoms with Crippen LogP contribution in [0.25, 0.3) is 0 Å². The van der Waals surface area contributed by atoms with Crippen LogP contribution < -0.4 is 0 Å². The van der Waals surface area contributed by atoms with Crippen molar-refractivity contribution in [3.63, 3.8) is 0 Å². The van der Waals surface area contributed by atoms with Gasteiger partial charge in [-0.05, 0) is 52.4 Å². The highest BCUT2D eigenvalue weighted by molar-refractivity contribution is 9.10. The lowest BCUT2D eigenvalue weighted by Gasteiger charge is -2.29. The van der Waals surface area contributed by atoms with Gasteiger partial charge in [-0.2, -0.15) is 0 Å². The molecule has 1 aromatic heterocycles. The second-order valence-corrected chi connectivity index (χ2v) is 11.3. The van der Waals surface area contributed by atoms with E-state index in [4.69, 9.17) is 28.5 Å². The Balaban J connectivity index is 1.56. The van der Waals surface area contributed by atoms with Crippen LogP contribution in [0.2, 0.25) is 0 Å². The zero-order valence-corrected chi connectivity index (χ0v) is 26.3. The number of benzene rings is 2. The molecule has 2 heterocycles. The van der Waals surface area contributed by atoms with Crippen molar-refractivity contribution in [1.82, 2.24) is 4.90 Å². The molecule has 0 bridgehead atoms. The fraction of sp³-hybridized carbons (Fsp3) is 0.424. The van der Waals surface area contributed by atoms with Gasteiger partial charge in [-0.25, -0.2) is 9.69 Å². The first kappa shape index (κ1) is 33.4. The van der Waals surface area contributed by atoms with Crippen molar-refractivity contribution >= 4 is 33.9 Å². The van der Waals surface area contributed by atoms with E-state index in [1.54, 1.807) is 6.07 Å². The topological polar surface area (TPSA) is 125 Å². The van der Waals surface area contributed by atoms with E-state index < -0.39 is 36.0 Å². The summed E-state index contributed by atoms with van der Waals surface area (Å²) in [7, 11) is 0. The molecule has 2 amide bonds. The molecule has 3 aromatic rings. The predicted molar refractivity (Wildman–Crippen MR) is 164 cm³/mol. The molecule has 1 saturated heterocycles. The maximum atomic E-state index is 14.3. The van der Waals surface area contributed by atoms with Crippen LogP contribution in [0.15, 0.2) is 75.6 Å². The number of hydrogen-bond donors (Lipinski definition) is 1. The van der Waals surface area contributed by atoms with E-state index in [9.17, 15) is 14.4 Å². The van der Waals surface area contributed by atoms with Gasteiger partial charge in [-0.1, -0.05) is 60.7 Å². The van der Waals surface area contributed by atoms with Gasteiger partial charge in [-0.15, -0.1) is 0 Å². The Morgan fingerprint density at radius 1 is 1.00 bits per heavy atom. The van der Waals surface area contributed by atoms with Crippen LogP contribution in [0, 0.1) is 5.92 Å². The van der Waals surface area contributed by atoms with Gasteiger partial charge in [0.25, 0.3) is 0 Å². The van der Waals surface area contributed by atoms with Gasteiger partial charge < -0.3 is 28.5 Å². The quantitative estimate of drug-likeness (QED) is 0.155. The van der Waals surface area contributed by atoms with Crippen LogP contribution in [-0.2, 0) is 47.8 Å². The van der Waals surface area contributed by atoms with Crippen molar-refractivity contribution in [2.45, 2.75) is 44.8 Å². The number of furan rings is 1. The summed E-state index contributed by atoms with van der Waals surface area (Å²) >= 11 is 3.55. The molecule has 1 fully saturated rings. The Labute approximate surface area is 265 Å². The summed E-state index contributed by atoms with van der Waals surface area (Å²) in [5.74, 6) is -1.16. The molecule has 3 atom stereocenters. The number of imide groups is 1. The summed E-state index contributed by atoms with van der Waals surface area (Å²) in [6.07, 6.45) is -0.0222. The summed E-state index contributed by atoms with van der Waals surface area (Å²) in [4.78, 5) is 40.9. The second-order valence-electron chi connectivity index (χ2n) is 10.4. The third-order valence-electron chi connectivity index (χ3n) is 7.14. The average molecular weight is 673 g/mol. The van der Waals surface area contributed by atoms with Crippen molar-refractivity contribution in [2.24, 2.45) is 5.92 Å². The number of carbonyl (C=O) groups excluding carboxylic acids is 3. The first-order valence-corrected chi connectivity index (χ1v) is 15.5. The number of rotatable bonds is 17. The highest BCUT2D eigenvalue weighted by Gasteiger charge is 2.45. The fourth-order valence-corrected chi connectivity index (χ4v) is 5.62. The van der Waals surface area contributed by atoms with E-state index in [2.05, 4.69) is 15.9 Å².